The summed E-state index contributed by atoms with van der Waals surface area (Å²) in [6.45, 7) is 0. The van der Waals surface area contributed by atoms with Gasteiger partial charge in [0.25, 0.3) is 0 Å². The van der Waals surface area contributed by atoms with Crippen molar-refractivity contribution in [2.24, 2.45) is 0 Å². The lowest BCUT2D eigenvalue weighted by Gasteiger charge is -2.12. The second-order valence-corrected chi connectivity index (χ2v) is 10.3. The summed E-state index contributed by atoms with van der Waals surface area (Å²) in [4.78, 5) is 6.35. The van der Waals surface area contributed by atoms with Gasteiger partial charge in [0.1, 0.15) is 0 Å². The van der Waals surface area contributed by atoms with E-state index in [0.717, 1.165) is 0 Å². The molecule has 3 heteroatoms. The molecule has 0 bridgehead atoms. The Bertz CT molecular complexity index is 1360. The van der Waals surface area contributed by atoms with Gasteiger partial charge in [0.15, 0.2) is 0 Å². The molecule has 0 unspecified atom stereocenters. The molecule has 39 heavy (non-hydrogen) atoms. The molecule has 0 aliphatic rings. The van der Waals surface area contributed by atoms with Gasteiger partial charge in [0.05, 0.1) is 0 Å². The first-order valence-electron chi connectivity index (χ1n) is 13.3. The van der Waals surface area contributed by atoms with Crippen LogP contribution in [-0.2, 0) is 0 Å². The van der Waals surface area contributed by atoms with Gasteiger partial charge in [-0.15, -0.1) is 0 Å². The molecule has 0 saturated heterocycles. The maximum atomic E-state index is 2.23. The Hall–Kier alpha value is -4.50. The van der Waals surface area contributed by atoms with Crippen molar-refractivity contribution < 1.29 is 0 Å². The van der Waals surface area contributed by atoms with Gasteiger partial charge in [0, 0.05) is 59.3 Å². The standard InChI is InChI=1S/C36H39N3/c1-37(2)33-21-12-28(13-22-33)10-19-31-8-7-9-32(20-11-29-14-23-34(24-15-29)38(3)4)36(31)27-18-30-16-25-35(26-17-30)39(5)6/h7-27H,1-6H3/b19-10+,20-11+,27-18+. The Morgan fingerprint density at radius 3 is 0.974 bits per heavy atom. The molecule has 0 spiro atoms. The number of benzene rings is 4. The normalized spacial score (nSPS) is 11.5. The highest BCUT2D eigenvalue weighted by Gasteiger charge is 2.03. The van der Waals surface area contributed by atoms with Crippen LogP contribution in [0.3, 0.4) is 0 Å². The summed E-state index contributed by atoms with van der Waals surface area (Å²) in [6, 6.07) is 32.4. The van der Waals surface area contributed by atoms with Crippen LogP contribution in [0.5, 0.6) is 0 Å². The number of rotatable bonds is 9. The number of nitrogens with zero attached hydrogens (tertiary/aromatic N) is 3. The average Bonchev–Trinajstić information content (AvgIpc) is 2.94. The van der Waals surface area contributed by atoms with Crippen LogP contribution >= 0.6 is 0 Å². The Morgan fingerprint density at radius 1 is 0.359 bits per heavy atom. The molecule has 0 atom stereocenters. The first-order chi connectivity index (χ1) is 18.8. The highest BCUT2D eigenvalue weighted by atomic mass is 15.1. The summed E-state index contributed by atoms with van der Waals surface area (Å²) in [7, 11) is 12.4. The fraction of sp³-hybridized carbons (Fsp3) is 0.167. The van der Waals surface area contributed by atoms with E-state index >= 15 is 0 Å². The van der Waals surface area contributed by atoms with E-state index < -0.39 is 0 Å². The fourth-order valence-corrected chi connectivity index (χ4v) is 4.29. The third-order valence-electron chi connectivity index (χ3n) is 6.76. The number of anilines is 3. The van der Waals surface area contributed by atoms with E-state index in [-0.39, 0.29) is 0 Å². The summed E-state index contributed by atoms with van der Waals surface area (Å²) in [5, 5.41) is 0. The Labute approximate surface area is 234 Å². The van der Waals surface area contributed by atoms with Crippen molar-refractivity contribution in [3.63, 3.8) is 0 Å². The van der Waals surface area contributed by atoms with Crippen LogP contribution in [0.1, 0.15) is 33.4 Å². The maximum Gasteiger partial charge on any atom is 0.0361 e. The van der Waals surface area contributed by atoms with Gasteiger partial charge in [0.2, 0.25) is 0 Å². The zero-order valence-corrected chi connectivity index (χ0v) is 24.0. The SMILES string of the molecule is CN(C)c1ccc(/C=C/c2cccc(/C=C/c3ccc(N(C)C)cc3)c2/C=C/c2ccc(N(C)C)cc2)cc1. The van der Waals surface area contributed by atoms with Crippen molar-refractivity contribution in [2.75, 3.05) is 57.0 Å². The molecule has 4 rings (SSSR count). The third kappa shape index (κ3) is 7.52. The van der Waals surface area contributed by atoms with Crippen LogP contribution in [0.25, 0.3) is 36.5 Å². The van der Waals surface area contributed by atoms with Gasteiger partial charge in [-0.3, -0.25) is 0 Å². The van der Waals surface area contributed by atoms with Crippen LogP contribution in [0.15, 0.2) is 91.0 Å². The lowest BCUT2D eigenvalue weighted by molar-refractivity contribution is 1.13. The van der Waals surface area contributed by atoms with Crippen molar-refractivity contribution >= 4 is 53.5 Å². The summed E-state index contributed by atoms with van der Waals surface area (Å²) in [6.07, 6.45) is 13.2. The third-order valence-corrected chi connectivity index (χ3v) is 6.76. The van der Waals surface area contributed by atoms with Crippen LogP contribution in [-0.4, -0.2) is 42.3 Å². The molecule has 0 radical (unpaired) electrons. The summed E-state index contributed by atoms with van der Waals surface area (Å²) >= 11 is 0. The molecule has 0 heterocycles. The zero-order valence-electron chi connectivity index (χ0n) is 24.0. The fourth-order valence-electron chi connectivity index (χ4n) is 4.29. The molecule has 0 saturated carbocycles. The highest BCUT2D eigenvalue weighted by Crippen LogP contribution is 2.25. The van der Waals surface area contributed by atoms with Crippen LogP contribution < -0.4 is 14.7 Å². The largest absolute Gasteiger partial charge is 0.378 e. The molecule has 0 N–H and O–H groups in total. The van der Waals surface area contributed by atoms with E-state index in [0.29, 0.717) is 0 Å². The predicted molar refractivity (Wildman–Crippen MR) is 176 cm³/mol. The average molecular weight is 514 g/mol. The van der Waals surface area contributed by atoms with Crippen molar-refractivity contribution in [1.82, 2.24) is 0 Å². The van der Waals surface area contributed by atoms with Crippen molar-refractivity contribution in [2.45, 2.75) is 0 Å². The van der Waals surface area contributed by atoms with E-state index in [1.54, 1.807) is 0 Å². The van der Waals surface area contributed by atoms with Gasteiger partial charge in [-0.1, -0.05) is 91.1 Å². The van der Waals surface area contributed by atoms with Gasteiger partial charge >= 0.3 is 0 Å². The smallest absolute Gasteiger partial charge is 0.0361 e. The molecule has 0 fully saturated rings. The Morgan fingerprint density at radius 2 is 0.667 bits per heavy atom. The van der Waals surface area contributed by atoms with Gasteiger partial charge in [-0.25, -0.2) is 0 Å². The minimum absolute atomic E-state index is 1.17. The highest BCUT2D eigenvalue weighted by molar-refractivity contribution is 5.86. The number of hydrogen-bond donors (Lipinski definition) is 0. The maximum absolute atomic E-state index is 2.23. The minimum Gasteiger partial charge on any atom is -0.378 e. The molecule has 3 nitrogen and oxygen atoms in total. The van der Waals surface area contributed by atoms with Crippen LogP contribution in [0, 0.1) is 0 Å². The number of hydrogen-bond acceptors (Lipinski definition) is 3. The summed E-state index contributed by atoms with van der Waals surface area (Å²) in [5.41, 5.74) is 10.7. The van der Waals surface area contributed by atoms with Gasteiger partial charge in [-0.05, 0) is 69.8 Å². The molecule has 0 aliphatic carbocycles. The molecule has 198 valence electrons. The lowest BCUT2D eigenvalue weighted by atomic mass is 9.97. The van der Waals surface area contributed by atoms with E-state index in [4.69, 9.17) is 0 Å². The van der Waals surface area contributed by atoms with Crippen LogP contribution in [0.4, 0.5) is 17.1 Å². The summed E-state index contributed by atoms with van der Waals surface area (Å²) in [5.74, 6) is 0. The molecule has 0 aromatic heterocycles. The van der Waals surface area contributed by atoms with Crippen molar-refractivity contribution in [1.29, 1.82) is 0 Å². The van der Waals surface area contributed by atoms with Gasteiger partial charge < -0.3 is 14.7 Å². The molecule has 0 aliphatic heterocycles. The van der Waals surface area contributed by atoms with E-state index in [9.17, 15) is 0 Å². The summed E-state index contributed by atoms with van der Waals surface area (Å²) < 4.78 is 0. The topological polar surface area (TPSA) is 9.72 Å². The van der Waals surface area contributed by atoms with E-state index in [2.05, 4.69) is 184 Å². The van der Waals surface area contributed by atoms with Gasteiger partial charge in [-0.2, -0.15) is 0 Å². The van der Waals surface area contributed by atoms with Crippen molar-refractivity contribution in [3.8, 4) is 0 Å². The Balaban J connectivity index is 1.68. The van der Waals surface area contributed by atoms with Crippen molar-refractivity contribution in [3.05, 3.63) is 124 Å². The monoisotopic (exact) mass is 513 g/mol. The second-order valence-electron chi connectivity index (χ2n) is 10.3. The molecular weight excluding hydrogens is 474 g/mol. The minimum atomic E-state index is 1.17. The zero-order chi connectivity index (χ0) is 27.8. The second kappa shape index (κ2) is 12.8. The lowest BCUT2D eigenvalue weighted by Crippen LogP contribution is -2.07. The van der Waals surface area contributed by atoms with E-state index in [1.165, 1.54) is 50.4 Å². The first-order valence-corrected chi connectivity index (χ1v) is 13.3. The van der Waals surface area contributed by atoms with E-state index in [1.807, 2.05) is 0 Å². The molecule has 4 aromatic carbocycles. The predicted octanol–water partition coefficient (Wildman–Crippen LogP) is 8.40. The van der Waals surface area contributed by atoms with Crippen LogP contribution in [0.2, 0.25) is 0 Å². The quantitative estimate of drug-likeness (QED) is 0.208. The molecule has 4 aromatic rings. The Kier molecular flexibility index (Phi) is 9.06. The first kappa shape index (κ1) is 27.5. The molecular formula is C36H39N3. The molecule has 0 amide bonds.